The maximum Gasteiger partial charge on any atom is 0.237 e. The van der Waals surface area contributed by atoms with Gasteiger partial charge in [0.2, 0.25) is 5.91 Å². The van der Waals surface area contributed by atoms with Gasteiger partial charge in [-0.05, 0) is 44.7 Å². The lowest BCUT2D eigenvalue weighted by atomic mass is 9.95. The summed E-state index contributed by atoms with van der Waals surface area (Å²) in [7, 11) is 0. The molecule has 3 heteroatoms. The van der Waals surface area contributed by atoms with Crippen molar-refractivity contribution >= 4 is 5.91 Å². The fourth-order valence-electron chi connectivity index (χ4n) is 2.44. The van der Waals surface area contributed by atoms with E-state index in [0.29, 0.717) is 0 Å². The van der Waals surface area contributed by atoms with Gasteiger partial charge in [-0.2, -0.15) is 0 Å². The second kappa shape index (κ2) is 4.30. The van der Waals surface area contributed by atoms with E-state index < -0.39 is 0 Å². The molecule has 14 heavy (non-hydrogen) atoms. The summed E-state index contributed by atoms with van der Waals surface area (Å²) >= 11 is 0. The molecule has 0 bridgehead atoms. The van der Waals surface area contributed by atoms with Gasteiger partial charge in [-0.25, -0.2) is 0 Å². The van der Waals surface area contributed by atoms with E-state index in [1.54, 1.807) is 0 Å². The van der Waals surface area contributed by atoms with Crippen LogP contribution in [0.1, 0.15) is 32.6 Å². The van der Waals surface area contributed by atoms with Crippen LogP contribution in [0.5, 0.6) is 0 Å². The highest BCUT2D eigenvalue weighted by atomic mass is 16.2. The Morgan fingerprint density at radius 3 is 2.64 bits per heavy atom. The Hall–Kier alpha value is -0.570. The van der Waals surface area contributed by atoms with E-state index in [-0.39, 0.29) is 11.9 Å². The summed E-state index contributed by atoms with van der Waals surface area (Å²) in [6.45, 7) is 5.40. The molecule has 1 atom stereocenters. The molecule has 0 radical (unpaired) electrons. The van der Waals surface area contributed by atoms with Gasteiger partial charge in [-0.1, -0.05) is 6.92 Å². The molecule has 0 aromatic rings. The van der Waals surface area contributed by atoms with Crippen molar-refractivity contribution in [3.63, 3.8) is 0 Å². The van der Waals surface area contributed by atoms with Crippen LogP contribution < -0.4 is 5.32 Å². The number of hydrogen-bond donors (Lipinski definition) is 1. The number of carbonyl (C=O) groups is 1. The maximum atomic E-state index is 11.6. The topological polar surface area (TPSA) is 32.3 Å². The van der Waals surface area contributed by atoms with Crippen LogP contribution in [0.3, 0.4) is 0 Å². The fourth-order valence-corrected chi connectivity index (χ4v) is 2.44. The average Bonchev–Trinajstić information content (AvgIpc) is 2.20. The summed E-state index contributed by atoms with van der Waals surface area (Å²) in [6.07, 6.45) is 4.70. The van der Waals surface area contributed by atoms with Crippen LogP contribution >= 0.6 is 0 Å². The van der Waals surface area contributed by atoms with E-state index in [2.05, 4.69) is 17.1 Å². The molecule has 1 N–H and O–H groups in total. The predicted molar refractivity (Wildman–Crippen MR) is 56.0 cm³/mol. The van der Waals surface area contributed by atoms with Crippen LogP contribution in [0.15, 0.2) is 0 Å². The molecule has 2 saturated heterocycles. The van der Waals surface area contributed by atoms with Crippen LogP contribution in [0.25, 0.3) is 0 Å². The summed E-state index contributed by atoms with van der Waals surface area (Å²) in [5, 5.41) is 2.96. The van der Waals surface area contributed by atoms with Crippen LogP contribution in [0.2, 0.25) is 0 Å². The summed E-state index contributed by atoms with van der Waals surface area (Å²) in [6, 6.07) is 0.177. The Balaban J connectivity index is 1.90. The highest BCUT2D eigenvalue weighted by molar-refractivity contribution is 5.82. The number of rotatable bonds is 1. The molecule has 0 aromatic carbocycles. The number of likely N-dealkylation sites (tertiary alicyclic amines) is 1. The first-order valence-corrected chi connectivity index (χ1v) is 5.79. The molecule has 0 aliphatic carbocycles. The molecule has 1 amide bonds. The van der Waals surface area contributed by atoms with Crippen molar-refractivity contribution in [1.29, 1.82) is 0 Å². The van der Waals surface area contributed by atoms with E-state index in [9.17, 15) is 4.79 Å². The fraction of sp³-hybridized carbons (Fsp3) is 0.909. The predicted octanol–water partition coefficient (Wildman–Crippen LogP) is 0.997. The number of carbonyl (C=O) groups excluding carboxylic acids is 1. The molecule has 2 fully saturated rings. The van der Waals surface area contributed by atoms with Gasteiger partial charge in [-0.15, -0.1) is 0 Å². The van der Waals surface area contributed by atoms with E-state index in [4.69, 9.17) is 0 Å². The van der Waals surface area contributed by atoms with Gasteiger partial charge in [0.05, 0.1) is 6.04 Å². The molecule has 0 spiro atoms. The number of nitrogens with one attached hydrogen (secondary N) is 1. The van der Waals surface area contributed by atoms with Crippen LogP contribution in [-0.4, -0.2) is 36.5 Å². The van der Waals surface area contributed by atoms with E-state index >= 15 is 0 Å². The first-order valence-electron chi connectivity index (χ1n) is 5.79. The van der Waals surface area contributed by atoms with Gasteiger partial charge in [0.1, 0.15) is 0 Å². The molecule has 2 heterocycles. The number of piperidine rings is 2. The second-order valence-electron chi connectivity index (χ2n) is 4.67. The monoisotopic (exact) mass is 196 g/mol. The molecule has 0 saturated carbocycles. The minimum atomic E-state index is 0.177. The van der Waals surface area contributed by atoms with Crippen molar-refractivity contribution in [1.82, 2.24) is 10.2 Å². The maximum absolute atomic E-state index is 11.6. The zero-order valence-electron chi connectivity index (χ0n) is 8.96. The van der Waals surface area contributed by atoms with E-state index in [1.807, 2.05) is 0 Å². The molecule has 3 nitrogen and oxygen atoms in total. The average molecular weight is 196 g/mol. The number of amides is 1. The second-order valence-corrected chi connectivity index (χ2v) is 4.67. The number of hydrogen-bond acceptors (Lipinski definition) is 2. The molecule has 2 aliphatic rings. The van der Waals surface area contributed by atoms with Crippen LogP contribution in [0.4, 0.5) is 0 Å². The normalized spacial score (nSPS) is 31.5. The first kappa shape index (κ1) is 9.97. The molecular weight excluding hydrogens is 176 g/mol. The van der Waals surface area contributed by atoms with Crippen molar-refractivity contribution < 1.29 is 4.79 Å². The highest BCUT2D eigenvalue weighted by Gasteiger charge is 2.30. The Labute approximate surface area is 85.8 Å². The minimum Gasteiger partial charge on any atom is -0.355 e. The SMILES string of the molecule is CC1CCN([C@H]2CCCNC2=O)CC1. The lowest BCUT2D eigenvalue weighted by molar-refractivity contribution is -0.128. The quantitative estimate of drug-likeness (QED) is 0.678. The summed E-state index contributed by atoms with van der Waals surface area (Å²) < 4.78 is 0. The molecule has 2 aliphatic heterocycles. The van der Waals surface area contributed by atoms with Gasteiger partial charge in [-0.3, -0.25) is 9.69 Å². The molecule has 2 rings (SSSR count). The molecule has 0 aromatic heterocycles. The van der Waals surface area contributed by atoms with Crippen LogP contribution in [0, 0.1) is 5.92 Å². The van der Waals surface area contributed by atoms with Gasteiger partial charge < -0.3 is 5.32 Å². The Morgan fingerprint density at radius 1 is 1.29 bits per heavy atom. The van der Waals surface area contributed by atoms with Crippen LogP contribution in [-0.2, 0) is 4.79 Å². The lowest BCUT2D eigenvalue weighted by Gasteiger charge is -2.37. The van der Waals surface area contributed by atoms with Crippen molar-refractivity contribution in [3.05, 3.63) is 0 Å². The molecule has 0 unspecified atom stereocenters. The molecule has 80 valence electrons. The lowest BCUT2D eigenvalue weighted by Crippen LogP contribution is -2.52. The zero-order valence-corrected chi connectivity index (χ0v) is 8.96. The van der Waals surface area contributed by atoms with Crippen molar-refractivity contribution in [3.8, 4) is 0 Å². The number of nitrogens with zero attached hydrogens (tertiary/aromatic N) is 1. The van der Waals surface area contributed by atoms with Gasteiger partial charge in [0.15, 0.2) is 0 Å². The van der Waals surface area contributed by atoms with E-state index in [1.165, 1.54) is 12.8 Å². The Kier molecular flexibility index (Phi) is 3.06. The van der Waals surface area contributed by atoms with Gasteiger partial charge >= 0.3 is 0 Å². The third-order valence-corrected chi connectivity index (χ3v) is 3.52. The van der Waals surface area contributed by atoms with Gasteiger partial charge in [0.25, 0.3) is 0 Å². The van der Waals surface area contributed by atoms with Crippen molar-refractivity contribution in [2.75, 3.05) is 19.6 Å². The van der Waals surface area contributed by atoms with Crippen molar-refractivity contribution in [2.24, 2.45) is 5.92 Å². The summed E-state index contributed by atoms with van der Waals surface area (Å²) in [4.78, 5) is 14.0. The van der Waals surface area contributed by atoms with Gasteiger partial charge in [0, 0.05) is 6.54 Å². The molecular formula is C11H20N2O. The largest absolute Gasteiger partial charge is 0.355 e. The summed E-state index contributed by atoms with van der Waals surface area (Å²) in [5.41, 5.74) is 0. The first-order chi connectivity index (χ1) is 6.77. The third-order valence-electron chi connectivity index (χ3n) is 3.52. The standard InChI is InChI=1S/C11H20N2O/c1-9-4-7-13(8-5-9)10-3-2-6-12-11(10)14/h9-10H,2-8H2,1H3,(H,12,14)/t10-/m0/s1. The Morgan fingerprint density at radius 2 is 2.00 bits per heavy atom. The zero-order chi connectivity index (χ0) is 9.97. The van der Waals surface area contributed by atoms with E-state index in [0.717, 1.165) is 38.4 Å². The Bertz CT molecular complexity index is 209. The smallest absolute Gasteiger partial charge is 0.237 e. The summed E-state index contributed by atoms with van der Waals surface area (Å²) in [5.74, 6) is 1.10. The van der Waals surface area contributed by atoms with Crippen molar-refractivity contribution in [2.45, 2.75) is 38.6 Å². The minimum absolute atomic E-state index is 0.177. The third kappa shape index (κ3) is 2.08. The highest BCUT2D eigenvalue weighted by Crippen LogP contribution is 2.21.